The summed E-state index contributed by atoms with van der Waals surface area (Å²) >= 11 is 0. The lowest BCUT2D eigenvalue weighted by molar-refractivity contribution is -0.138. The molecule has 2 N–H and O–H groups in total. The van der Waals surface area contributed by atoms with Gasteiger partial charge in [-0.1, -0.05) is 37.8 Å². The maximum absolute atomic E-state index is 12.6. The van der Waals surface area contributed by atoms with Gasteiger partial charge in [-0.25, -0.2) is 9.59 Å². The molecule has 1 rings (SSSR count). The monoisotopic (exact) mass is 426 g/mol. The number of rotatable bonds is 16. The highest BCUT2D eigenvalue weighted by molar-refractivity contribution is 6.03. The molecule has 0 bridgehead atoms. The molecule has 0 radical (unpaired) electrons. The van der Waals surface area contributed by atoms with Crippen molar-refractivity contribution in [2.45, 2.75) is 64.2 Å². The number of carbonyl (C=O) groups is 4. The summed E-state index contributed by atoms with van der Waals surface area (Å²) in [6.07, 6.45) is 4.41. The molecule has 0 aliphatic rings. The van der Waals surface area contributed by atoms with E-state index in [1.54, 1.807) is 0 Å². The lowest BCUT2D eigenvalue weighted by Crippen LogP contribution is -2.15. The number of carboxylic acid groups (broad SMARTS) is 2. The summed E-state index contributed by atoms with van der Waals surface area (Å²) in [6, 6.07) is -2.76. The van der Waals surface area contributed by atoms with Gasteiger partial charge in [-0.2, -0.15) is 0 Å². The number of benzene rings is 1. The Morgan fingerprint density at radius 2 is 1.03 bits per heavy atom. The summed E-state index contributed by atoms with van der Waals surface area (Å²) in [5.41, 5.74) is -1.19. The first-order chi connectivity index (χ1) is 16.1. The van der Waals surface area contributed by atoms with E-state index >= 15 is 0 Å². The highest BCUT2D eigenvalue weighted by Crippen LogP contribution is 2.13. The van der Waals surface area contributed by atoms with E-state index in [2.05, 4.69) is 0 Å². The zero-order valence-electron chi connectivity index (χ0n) is 20.8. The molecule has 0 aromatic heterocycles. The fraction of sp³-hybridized carbons (Fsp3) is 0.545. The maximum atomic E-state index is 12.6. The van der Waals surface area contributed by atoms with Crippen molar-refractivity contribution in [3.8, 4) is 0 Å². The van der Waals surface area contributed by atoms with Crippen molar-refractivity contribution in [3.05, 3.63) is 35.3 Å². The molecular weight excluding hydrogens is 392 g/mol. The van der Waals surface area contributed by atoms with Crippen LogP contribution in [0.5, 0.6) is 0 Å². The minimum atomic E-state index is -1.07. The number of carboxylic acids is 2. The van der Waals surface area contributed by atoms with Gasteiger partial charge in [-0.05, 0) is 37.8 Å². The average molecular weight is 426 g/mol. The molecule has 0 spiro atoms. The minimum Gasteiger partial charge on any atom is -0.481 e. The van der Waals surface area contributed by atoms with E-state index in [0.717, 1.165) is 0 Å². The third-order valence-electron chi connectivity index (χ3n) is 4.13. The molecule has 8 heteroatoms. The van der Waals surface area contributed by atoms with Crippen LogP contribution in [0.2, 0.25) is 0 Å². The van der Waals surface area contributed by atoms with Gasteiger partial charge in [0.25, 0.3) is 0 Å². The van der Waals surface area contributed by atoms with Gasteiger partial charge in [0, 0.05) is 12.8 Å². The highest BCUT2D eigenvalue weighted by atomic mass is 16.5. The minimum absolute atomic E-state index is 0.0494. The molecule has 0 aliphatic carbocycles. The molecule has 1 aromatic rings. The van der Waals surface area contributed by atoms with Crippen molar-refractivity contribution in [2.75, 3.05) is 13.2 Å². The second-order valence-corrected chi connectivity index (χ2v) is 6.64. The molecule has 0 amide bonds. The van der Waals surface area contributed by atoms with E-state index in [9.17, 15) is 19.2 Å². The molecule has 0 saturated carbocycles. The summed E-state index contributed by atoms with van der Waals surface area (Å²) in [5.74, 6) is -3.92. The predicted molar refractivity (Wildman–Crippen MR) is 108 cm³/mol. The van der Waals surface area contributed by atoms with E-state index in [0.29, 0.717) is 51.4 Å². The van der Waals surface area contributed by atoms with E-state index < -0.39 is 59.2 Å². The Kier molecular flexibility index (Phi) is 9.55. The Balaban J connectivity index is 2.75. The third kappa shape index (κ3) is 11.2. The van der Waals surface area contributed by atoms with E-state index in [-0.39, 0.29) is 26.1 Å². The third-order valence-corrected chi connectivity index (χ3v) is 4.13. The van der Waals surface area contributed by atoms with Crippen LogP contribution in [-0.4, -0.2) is 47.3 Å². The van der Waals surface area contributed by atoms with E-state index in [1.807, 2.05) is 0 Å². The van der Waals surface area contributed by atoms with Crippen molar-refractivity contribution < 1.29 is 44.3 Å². The number of carbonyl (C=O) groups excluding carboxylic acids is 2. The summed E-state index contributed by atoms with van der Waals surface area (Å²) in [6.45, 7) is -0.112. The van der Waals surface area contributed by atoms with Crippen LogP contribution in [0.3, 0.4) is 0 Å². The van der Waals surface area contributed by atoms with Crippen LogP contribution in [0.1, 0.15) is 90.4 Å². The summed E-state index contributed by atoms with van der Waals surface area (Å²) in [5, 5.41) is 17.2. The lowest BCUT2D eigenvalue weighted by atomic mass is 10.1. The van der Waals surface area contributed by atoms with Crippen molar-refractivity contribution in [1.29, 1.82) is 0 Å². The average Bonchev–Trinajstić information content (AvgIpc) is 2.77. The van der Waals surface area contributed by atoms with Gasteiger partial charge in [-0.15, -0.1) is 0 Å². The molecule has 30 heavy (non-hydrogen) atoms. The van der Waals surface area contributed by atoms with Gasteiger partial charge >= 0.3 is 23.9 Å². The van der Waals surface area contributed by atoms with Crippen LogP contribution in [0.4, 0.5) is 0 Å². The fourth-order valence-corrected chi connectivity index (χ4v) is 2.56. The first-order valence-corrected chi connectivity index (χ1v) is 9.96. The molecule has 8 nitrogen and oxygen atoms in total. The van der Waals surface area contributed by atoms with Crippen LogP contribution in [0, 0.1) is 0 Å². The summed E-state index contributed by atoms with van der Waals surface area (Å²) in [4.78, 5) is 46.2. The first-order valence-electron chi connectivity index (χ1n) is 12.0. The molecule has 0 atom stereocenters. The van der Waals surface area contributed by atoms with Crippen molar-refractivity contribution in [1.82, 2.24) is 0 Å². The standard InChI is InChI=1S/C22H30O8/c23-19(24)13-5-1-3-9-15-29-21(27)17-11-7-8-12-18(17)22(28)30-16-10-4-2-6-14-20(25)26/h7-8,11-12H,1-6,9-10,13-16H2,(H,23,24)(H,25,26)/i7D,8D,11D,12D. The Hall–Kier alpha value is -2.90. The Bertz CT molecular complexity index is 817. The van der Waals surface area contributed by atoms with Crippen LogP contribution in [-0.2, 0) is 19.1 Å². The fourth-order valence-electron chi connectivity index (χ4n) is 2.56. The van der Waals surface area contributed by atoms with Gasteiger partial charge in [0.1, 0.15) is 0 Å². The van der Waals surface area contributed by atoms with Gasteiger partial charge in [-0.3, -0.25) is 9.59 Å². The predicted octanol–water partition coefficient (Wildman–Crippen LogP) is 4.07. The number of hydrogen-bond acceptors (Lipinski definition) is 6. The number of unbranched alkanes of at least 4 members (excludes halogenated alkanes) is 6. The quantitative estimate of drug-likeness (QED) is 0.299. The number of aliphatic carboxylic acids is 2. The maximum Gasteiger partial charge on any atom is 0.339 e. The molecule has 166 valence electrons. The molecule has 0 saturated heterocycles. The number of hydrogen-bond donors (Lipinski definition) is 2. The van der Waals surface area contributed by atoms with Gasteiger partial charge in [0.05, 0.1) is 29.8 Å². The Morgan fingerprint density at radius 3 is 1.40 bits per heavy atom. The number of ether oxygens (including phenoxy) is 2. The first kappa shape index (κ1) is 19.1. The largest absolute Gasteiger partial charge is 0.481 e. The molecule has 0 fully saturated rings. The normalized spacial score (nSPS) is 12.3. The summed E-state index contributed by atoms with van der Waals surface area (Å²) in [7, 11) is 0. The SMILES string of the molecule is [2H]c1c([2H])c([2H])c(C(=O)OCCCCCCC(=O)O)c(C(=O)OCCCCCCC(=O)O)c1[2H]. The van der Waals surface area contributed by atoms with Crippen LogP contribution < -0.4 is 0 Å². The topological polar surface area (TPSA) is 127 Å². The van der Waals surface area contributed by atoms with Crippen LogP contribution in [0.15, 0.2) is 24.2 Å². The highest BCUT2D eigenvalue weighted by Gasteiger charge is 2.18. The van der Waals surface area contributed by atoms with Crippen molar-refractivity contribution >= 4 is 23.9 Å². The van der Waals surface area contributed by atoms with Crippen LogP contribution >= 0.6 is 0 Å². The number of esters is 2. The second kappa shape index (κ2) is 15.0. The van der Waals surface area contributed by atoms with Crippen molar-refractivity contribution in [2.24, 2.45) is 0 Å². The Morgan fingerprint density at radius 1 is 0.667 bits per heavy atom. The van der Waals surface area contributed by atoms with Gasteiger partial charge in [0.2, 0.25) is 0 Å². The second-order valence-electron chi connectivity index (χ2n) is 6.64. The van der Waals surface area contributed by atoms with Gasteiger partial charge < -0.3 is 19.7 Å². The summed E-state index contributed by atoms with van der Waals surface area (Å²) < 4.78 is 41.9. The molecule has 1 aromatic carbocycles. The Labute approximate surface area is 181 Å². The van der Waals surface area contributed by atoms with E-state index in [4.69, 9.17) is 25.2 Å². The molecular formula is C22H30O8. The van der Waals surface area contributed by atoms with Crippen molar-refractivity contribution in [3.63, 3.8) is 0 Å². The lowest BCUT2D eigenvalue weighted by Gasteiger charge is -2.10. The van der Waals surface area contributed by atoms with E-state index in [1.165, 1.54) is 0 Å². The molecule has 0 heterocycles. The molecule has 0 unspecified atom stereocenters. The zero-order valence-corrected chi connectivity index (χ0v) is 16.8. The molecule has 0 aliphatic heterocycles. The van der Waals surface area contributed by atoms with Gasteiger partial charge in [0.15, 0.2) is 0 Å². The van der Waals surface area contributed by atoms with Crippen LogP contribution in [0.25, 0.3) is 0 Å². The smallest absolute Gasteiger partial charge is 0.339 e. The zero-order chi connectivity index (χ0) is 25.7.